The Bertz CT molecular complexity index is 1320. The van der Waals surface area contributed by atoms with Gasteiger partial charge in [0.05, 0.1) is 19.4 Å². The van der Waals surface area contributed by atoms with Gasteiger partial charge in [-0.2, -0.15) is 0 Å². The topological polar surface area (TPSA) is 98.5 Å². The van der Waals surface area contributed by atoms with Crippen LogP contribution in [0.2, 0.25) is 0 Å². The maximum absolute atomic E-state index is 12.0. The molecule has 8 nitrogen and oxygen atoms in total. The molecule has 3 heterocycles. The maximum atomic E-state index is 12.0. The lowest BCUT2D eigenvalue weighted by Gasteiger charge is -2.13. The van der Waals surface area contributed by atoms with Gasteiger partial charge in [-0.05, 0) is 36.8 Å². The zero-order valence-corrected chi connectivity index (χ0v) is 20.9. The average Bonchev–Trinajstić information content (AvgIpc) is 3.49. The van der Waals surface area contributed by atoms with Crippen molar-refractivity contribution in [2.75, 3.05) is 19.0 Å². The van der Waals surface area contributed by atoms with Gasteiger partial charge in [0.1, 0.15) is 22.9 Å². The van der Waals surface area contributed by atoms with Gasteiger partial charge in [-0.25, -0.2) is 14.5 Å². The van der Waals surface area contributed by atoms with Gasteiger partial charge in [0.25, 0.3) is 0 Å². The van der Waals surface area contributed by atoms with Gasteiger partial charge >= 0.3 is 5.97 Å². The lowest BCUT2D eigenvalue weighted by Crippen LogP contribution is -2.07. The molecule has 182 valence electrons. The highest BCUT2D eigenvalue weighted by atomic mass is 32.1. The third-order valence-electron chi connectivity index (χ3n) is 5.23. The molecule has 0 aliphatic carbocycles. The number of carbonyl (C=O) groups is 1. The fraction of sp³-hybridized carbons (Fsp3) is 0.269. The minimum Gasteiger partial charge on any atom is -0.497 e. The van der Waals surface area contributed by atoms with Crippen LogP contribution in [0.25, 0.3) is 16.1 Å². The number of ether oxygens (including phenoxy) is 2. The van der Waals surface area contributed by atoms with E-state index in [4.69, 9.17) is 14.6 Å². The van der Waals surface area contributed by atoms with Gasteiger partial charge in [-0.15, -0.1) is 16.4 Å². The normalized spacial score (nSPS) is 11.0. The second-order valence-corrected chi connectivity index (χ2v) is 9.31. The quantitative estimate of drug-likeness (QED) is 0.278. The van der Waals surface area contributed by atoms with Crippen molar-refractivity contribution in [1.29, 1.82) is 0 Å². The van der Waals surface area contributed by atoms with Crippen LogP contribution in [0, 0.1) is 5.92 Å². The first-order valence-electron chi connectivity index (χ1n) is 11.3. The van der Waals surface area contributed by atoms with E-state index in [9.17, 15) is 9.90 Å². The van der Waals surface area contributed by atoms with Crippen molar-refractivity contribution >= 4 is 28.9 Å². The van der Waals surface area contributed by atoms with E-state index in [0.29, 0.717) is 29.8 Å². The number of hydrogen-bond donors (Lipinski definition) is 2. The Morgan fingerprint density at radius 2 is 2.00 bits per heavy atom. The standard InChI is InChI=1S/C26H28N4O4S/c1-5-34-21-12-19(11-20(14-21)33-4)30-18(9-16(2)3)13-24(29-30)28-25-22(26(31)32)10-17(15-27-25)23-7-6-8-35-23/h6-8,10-16H,5,9H2,1-4H3,(H,31,32)(H,27,28,29). The largest absolute Gasteiger partial charge is 0.497 e. The Balaban J connectivity index is 1.73. The number of methoxy groups -OCH3 is 1. The molecule has 35 heavy (non-hydrogen) atoms. The number of thiophene rings is 1. The van der Waals surface area contributed by atoms with Crippen molar-refractivity contribution in [2.45, 2.75) is 27.2 Å². The molecule has 4 aromatic rings. The van der Waals surface area contributed by atoms with Crippen molar-refractivity contribution in [1.82, 2.24) is 14.8 Å². The second-order valence-electron chi connectivity index (χ2n) is 8.36. The number of nitrogens with one attached hydrogen (secondary N) is 1. The first-order valence-corrected chi connectivity index (χ1v) is 12.2. The number of hydrogen-bond acceptors (Lipinski definition) is 7. The van der Waals surface area contributed by atoms with Gasteiger partial charge in [0.15, 0.2) is 5.82 Å². The number of pyridine rings is 1. The molecule has 0 amide bonds. The van der Waals surface area contributed by atoms with Crippen LogP contribution in [0.3, 0.4) is 0 Å². The minimum atomic E-state index is -1.06. The monoisotopic (exact) mass is 492 g/mol. The van der Waals surface area contributed by atoms with Gasteiger partial charge in [-0.1, -0.05) is 19.9 Å². The summed E-state index contributed by atoms with van der Waals surface area (Å²) in [6, 6.07) is 13.0. The van der Waals surface area contributed by atoms with Crippen LogP contribution in [-0.4, -0.2) is 39.6 Å². The average molecular weight is 493 g/mol. The molecular formula is C26H28N4O4S. The molecular weight excluding hydrogens is 464 g/mol. The Morgan fingerprint density at radius 1 is 1.20 bits per heavy atom. The zero-order valence-electron chi connectivity index (χ0n) is 20.1. The van der Waals surface area contributed by atoms with E-state index in [1.54, 1.807) is 19.4 Å². The van der Waals surface area contributed by atoms with Crippen molar-refractivity contribution in [3.63, 3.8) is 0 Å². The van der Waals surface area contributed by atoms with E-state index >= 15 is 0 Å². The summed E-state index contributed by atoms with van der Waals surface area (Å²) in [4.78, 5) is 17.4. The molecule has 0 aliphatic rings. The highest BCUT2D eigenvalue weighted by Crippen LogP contribution is 2.30. The fourth-order valence-electron chi connectivity index (χ4n) is 3.74. The molecule has 4 rings (SSSR count). The van der Waals surface area contributed by atoms with Crippen molar-refractivity contribution in [2.24, 2.45) is 5.92 Å². The Hall–Kier alpha value is -3.85. The van der Waals surface area contributed by atoms with E-state index < -0.39 is 5.97 Å². The molecule has 0 unspecified atom stereocenters. The maximum Gasteiger partial charge on any atom is 0.339 e. The first kappa shape index (κ1) is 24.3. The Labute approximate surface area is 208 Å². The van der Waals surface area contributed by atoms with Gasteiger partial charge in [0.2, 0.25) is 0 Å². The summed E-state index contributed by atoms with van der Waals surface area (Å²) in [6.45, 7) is 6.72. The molecule has 0 saturated heterocycles. The summed E-state index contributed by atoms with van der Waals surface area (Å²) < 4.78 is 13.0. The molecule has 2 N–H and O–H groups in total. The van der Waals surface area contributed by atoms with E-state index in [1.807, 2.05) is 53.4 Å². The van der Waals surface area contributed by atoms with Crippen LogP contribution in [0.1, 0.15) is 36.8 Å². The molecule has 0 aliphatic heterocycles. The molecule has 0 bridgehead atoms. The summed E-state index contributed by atoms with van der Waals surface area (Å²) in [6.07, 6.45) is 2.44. The van der Waals surface area contributed by atoms with E-state index in [1.165, 1.54) is 11.3 Å². The van der Waals surface area contributed by atoms with Crippen molar-refractivity contribution < 1.29 is 19.4 Å². The minimum absolute atomic E-state index is 0.0795. The van der Waals surface area contributed by atoms with Gasteiger partial charge in [-0.3, -0.25) is 0 Å². The lowest BCUT2D eigenvalue weighted by atomic mass is 10.1. The predicted octanol–water partition coefficient (Wildman–Crippen LogP) is 6.04. The number of aromatic nitrogens is 3. The van der Waals surface area contributed by atoms with E-state index in [-0.39, 0.29) is 11.4 Å². The number of benzene rings is 1. The number of carboxylic acids is 1. The first-order chi connectivity index (χ1) is 16.9. The van der Waals surface area contributed by atoms with Crippen molar-refractivity contribution in [3.8, 4) is 27.6 Å². The van der Waals surface area contributed by atoms with E-state index in [0.717, 1.165) is 28.2 Å². The Kier molecular flexibility index (Phi) is 7.36. The smallest absolute Gasteiger partial charge is 0.339 e. The van der Waals surface area contributed by atoms with Crippen LogP contribution in [0.5, 0.6) is 11.5 Å². The molecule has 0 saturated carbocycles. The van der Waals surface area contributed by atoms with Gasteiger partial charge in [0, 0.05) is 46.6 Å². The van der Waals surface area contributed by atoms with Crippen LogP contribution in [0.4, 0.5) is 11.6 Å². The number of carboxylic acid groups (broad SMARTS) is 1. The SMILES string of the molecule is CCOc1cc(OC)cc(-n2nc(Nc3ncc(-c4cccs4)cc3C(=O)O)cc2CC(C)C)c1. The molecule has 0 radical (unpaired) electrons. The highest BCUT2D eigenvalue weighted by molar-refractivity contribution is 7.13. The molecule has 3 aromatic heterocycles. The number of anilines is 2. The summed E-state index contributed by atoms with van der Waals surface area (Å²) >= 11 is 1.53. The van der Waals surface area contributed by atoms with Gasteiger partial charge < -0.3 is 19.9 Å². The van der Waals surface area contributed by atoms with Crippen LogP contribution in [-0.2, 0) is 6.42 Å². The summed E-state index contributed by atoms with van der Waals surface area (Å²) in [5.41, 5.74) is 2.59. The number of nitrogens with zero attached hydrogens (tertiary/aromatic N) is 3. The number of aromatic carboxylic acids is 1. The molecule has 9 heteroatoms. The third kappa shape index (κ3) is 5.63. The summed E-state index contributed by atoms with van der Waals surface area (Å²) in [7, 11) is 1.61. The van der Waals surface area contributed by atoms with E-state index in [2.05, 4.69) is 24.1 Å². The fourth-order valence-corrected chi connectivity index (χ4v) is 4.45. The van der Waals surface area contributed by atoms with Crippen LogP contribution in [0.15, 0.2) is 54.0 Å². The third-order valence-corrected chi connectivity index (χ3v) is 6.15. The molecule has 1 aromatic carbocycles. The van der Waals surface area contributed by atoms with Crippen LogP contribution >= 0.6 is 11.3 Å². The number of rotatable bonds is 10. The highest BCUT2D eigenvalue weighted by Gasteiger charge is 2.18. The molecule has 0 atom stereocenters. The Morgan fingerprint density at radius 3 is 2.66 bits per heavy atom. The second kappa shape index (κ2) is 10.6. The summed E-state index contributed by atoms with van der Waals surface area (Å²) in [5, 5.41) is 19.6. The van der Waals surface area contributed by atoms with Crippen molar-refractivity contribution in [3.05, 3.63) is 65.3 Å². The predicted molar refractivity (Wildman–Crippen MR) is 138 cm³/mol. The zero-order chi connectivity index (χ0) is 24.9. The summed E-state index contributed by atoms with van der Waals surface area (Å²) in [5.74, 6) is 1.40. The molecule has 0 spiro atoms. The molecule has 0 fully saturated rings. The lowest BCUT2D eigenvalue weighted by molar-refractivity contribution is 0.0697. The van der Waals surface area contributed by atoms with Crippen LogP contribution < -0.4 is 14.8 Å².